The number of carboxylic acid groups (broad SMARTS) is 1. The Hall–Kier alpha value is -1.48. The zero-order valence-corrected chi connectivity index (χ0v) is 10.3. The van der Waals surface area contributed by atoms with Crippen molar-refractivity contribution in [3.8, 4) is 0 Å². The average molecular weight is 276 g/mol. The van der Waals surface area contributed by atoms with Crippen LogP contribution in [0.5, 0.6) is 0 Å². The molecule has 0 spiro atoms. The van der Waals surface area contributed by atoms with Crippen molar-refractivity contribution < 1.29 is 27.9 Å². The van der Waals surface area contributed by atoms with Gasteiger partial charge in [0, 0.05) is 12.7 Å². The molecule has 0 aliphatic carbocycles. The van der Waals surface area contributed by atoms with Gasteiger partial charge in [-0.25, -0.2) is 13.2 Å². The van der Waals surface area contributed by atoms with E-state index in [9.17, 15) is 22.8 Å². The van der Waals surface area contributed by atoms with Gasteiger partial charge in [0.1, 0.15) is 6.04 Å². The minimum Gasteiger partial charge on any atom is -0.479 e. The number of carbonyl (C=O) groups is 3. The summed E-state index contributed by atoms with van der Waals surface area (Å²) in [6, 6.07) is -2.75. The summed E-state index contributed by atoms with van der Waals surface area (Å²) >= 11 is 0. The molecule has 2 N–H and O–H groups in total. The molecule has 0 radical (unpaired) electrons. The Morgan fingerprint density at radius 2 is 2.11 bits per heavy atom. The third kappa shape index (κ3) is 1.99. The molecule has 0 aromatic carbocycles. The number of nitrogens with zero attached hydrogens (tertiary/aromatic N) is 1. The van der Waals surface area contributed by atoms with Crippen LogP contribution in [0.4, 0.5) is 0 Å². The molecule has 2 saturated heterocycles. The number of hydrogen-bond donors (Lipinski definition) is 2. The minimum absolute atomic E-state index is 0.0515. The van der Waals surface area contributed by atoms with Crippen molar-refractivity contribution in [3.05, 3.63) is 0 Å². The van der Waals surface area contributed by atoms with Gasteiger partial charge in [0.25, 0.3) is 0 Å². The smallest absolute Gasteiger partial charge is 0.334 e. The van der Waals surface area contributed by atoms with Crippen LogP contribution >= 0.6 is 0 Å². The van der Waals surface area contributed by atoms with Gasteiger partial charge in [-0.3, -0.25) is 14.9 Å². The van der Waals surface area contributed by atoms with Gasteiger partial charge in [-0.05, 0) is 0 Å². The van der Waals surface area contributed by atoms with Crippen molar-refractivity contribution in [1.82, 2.24) is 10.2 Å². The van der Waals surface area contributed by atoms with E-state index in [1.165, 1.54) is 0 Å². The van der Waals surface area contributed by atoms with E-state index in [4.69, 9.17) is 5.11 Å². The number of aliphatic carboxylic acids is 1. The number of Topliss-reactive ketones (excluding diaryl/α,β-unsaturated/α-hetero) is 1. The summed E-state index contributed by atoms with van der Waals surface area (Å²) in [6.45, 7) is 0. The molecule has 2 fully saturated rings. The molecule has 0 aromatic rings. The Morgan fingerprint density at radius 1 is 1.50 bits per heavy atom. The highest BCUT2D eigenvalue weighted by atomic mass is 32.2. The highest BCUT2D eigenvalue weighted by Crippen LogP contribution is 2.33. The number of nitrogens with one attached hydrogen (secondary N) is 1. The van der Waals surface area contributed by atoms with Crippen molar-refractivity contribution in [2.24, 2.45) is 0 Å². The van der Waals surface area contributed by atoms with Crippen LogP contribution in [0.15, 0.2) is 0 Å². The number of sulfone groups is 1. The van der Waals surface area contributed by atoms with E-state index in [2.05, 4.69) is 5.32 Å². The lowest BCUT2D eigenvalue weighted by Gasteiger charge is -2.43. The number of amides is 1. The quantitative estimate of drug-likeness (QED) is 0.433. The predicted octanol–water partition coefficient (Wildman–Crippen LogP) is -2.42. The number of carbonyl (C=O) groups excluding carboxylic acids is 2. The molecule has 9 heteroatoms. The summed E-state index contributed by atoms with van der Waals surface area (Å²) in [5.41, 5.74) is 0. The van der Waals surface area contributed by atoms with Crippen molar-refractivity contribution in [2.45, 2.75) is 24.5 Å². The van der Waals surface area contributed by atoms with Gasteiger partial charge in [-0.2, -0.15) is 0 Å². The van der Waals surface area contributed by atoms with E-state index in [-0.39, 0.29) is 12.3 Å². The van der Waals surface area contributed by atoms with Crippen molar-refractivity contribution in [3.63, 3.8) is 0 Å². The maximum Gasteiger partial charge on any atom is 0.334 e. The lowest BCUT2D eigenvalue weighted by molar-refractivity contribution is -0.161. The average Bonchev–Trinajstić information content (AvgIpc) is 2.51. The Kier molecular flexibility index (Phi) is 2.90. The number of hydrogen-bond acceptors (Lipinski definition) is 6. The molecule has 3 atom stereocenters. The molecular weight excluding hydrogens is 264 g/mol. The van der Waals surface area contributed by atoms with Crippen LogP contribution < -0.4 is 5.32 Å². The summed E-state index contributed by atoms with van der Waals surface area (Å²) in [5, 5.41) is 11.4. The fraction of sp³-hybridized carbons (Fsp3) is 0.667. The van der Waals surface area contributed by atoms with Crippen LogP contribution in [-0.2, 0) is 24.2 Å². The molecule has 1 amide bonds. The summed E-state index contributed by atoms with van der Waals surface area (Å²) in [6.07, 6.45) is 0.963. The van der Waals surface area contributed by atoms with Crippen LogP contribution in [0.3, 0.4) is 0 Å². The van der Waals surface area contributed by atoms with Gasteiger partial charge in [-0.1, -0.05) is 0 Å². The largest absolute Gasteiger partial charge is 0.479 e. The SMILES string of the molecule is CS(=O)(=O)CN[C@H]1C(=O)N2[C@@H](C(=O)O)C(=O)C[C@H]12. The van der Waals surface area contributed by atoms with E-state index < -0.39 is 45.6 Å². The molecule has 100 valence electrons. The van der Waals surface area contributed by atoms with Gasteiger partial charge in [-0.15, -0.1) is 0 Å². The molecule has 2 heterocycles. The first-order valence-corrected chi connectivity index (χ1v) is 7.27. The molecule has 2 rings (SSSR count). The molecule has 0 unspecified atom stereocenters. The number of β-lactam (4-membered cyclic amide) rings is 1. The molecule has 0 aromatic heterocycles. The zero-order valence-electron chi connectivity index (χ0n) is 9.49. The molecule has 2 aliphatic rings. The first-order valence-electron chi connectivity index (χ1n) is 5.21. The fourth-order valence-electron chi connectivity index (χ4n) is 2.30. The van der Waals surface area contributed by atoms with Crippen LogP contribution in [0.1, 0.15) is 6.42 Å². The van der Waals surface area contributed by atoms with Crippen LogP contribution in [-0.4, -0.2) is 66.3 Å². The predicted molar refractivity (Wildman–Crippen MR) is 58.3 cm³/mol. The first kappa shape index (κ1) is 13.0. The fourth-order valence-corrected chi connectivity index (χ4v) is 2.78. The lowest BCUT2D eigenvalue weighted by atomic mass is 9.96. The summed E-state index contributed by atoms with van der Waals surface area (Å²) in [5.74, 6) is -2.79. The van der Waals surface area contributed by atoms with E-state index in [0.717, 1.165) is 11.2 Å². The Labute approximate surface area is 103 Å². The monoisotopic (exact) mass is 276 g/mol. The van der Waals surface area contributed by atoms with E-state index >= 15 is 0 Å². The molecule has 18 heavy (non-hydrogen) atoms. The maximum atomic E-state index is 11.7. The van der Waals surface area contributed by atoms with Crippen LogP contribution in [0.2, 0.25) is 0 Å². The third-order valence-corrected chi connectivity index (χ3v) is 3.75. The summed E-state index contributed by atoms with van der Waals surface area (Å²) < 4.78 is 21.9. The zero-order chi connectivity index (χ0) is 13.7. The second-order valence-corrected chi connectivity index (χ2v) is 6.62. The van der Waals surface area contributed by atoms with Gasteiger partial charge in [0.05, 0.1) is 11.9 Å². The Balaban J connectivity index is 2.07. The van der Waals surface area contributed by atoms with E-state index in [1.54, 1.807) is 0 Å². The van der Waals surface area contributed by atoms with E-state index in [1.807, 2.05) is 0 Å². The number of ketones is 1. The van der Waals surface area contributed by atoms with Crippen LogP contribution in [0.25, 0.3) is 0 Å². The molecule has 0 saturated carbocycles. The standard InChI is InChI=1S/C9H12N2O6S/c1-18(16,17)3-10-6-4-2-5(12)7(9(14)15)11(4)8(6)13/h4,6-7,10H,2-3H2,1H3,(H,14,15)/t4-,6-,7-/m1/s1. The first-order chi connectivity index (χ1) is 8.22. The number of fused-ring (bicyclic) bond motifs is 1. The molecular formula is C9H12N2O6S. The molecule has 2 aliphatic heterocycles. The Morgan fingerprint density at radius 3 is 2.61 bits per heavy atom. The maximum absolute atomic E-state index is 11.7. The highest BCUT2D eigenvalue weighted by molar-refractivity contribution is 7.90. The normalized spacial score (nSPS) is 31.2. The number of rotatable bonds is 4. The highest BCUT2D eigenvalue weighted by Gasteiger charge is 2.59. The molecule has 8 nitrogen and oxygen atoms in total. The van der Waals surface area contributed by atoms with Crippen molar-refractivity contribution >= 4 is 27.5 Å². The minimum atomic E-state index is -3.27. The van der Waals surface area contributed by atoms with E-state index in [0.29, 0.717) is 0 Å². The van der Waals surface area contributed by atoms with Crippen molar-refractivity contribution in [1.29, 1.82) is 0 Å². The second-order valence-electron chi connectivity index (χ2n) is 4.48. The van der Waals surface area contributed by atoms with Crippen molar-refractivity contribution in [2.75, 3.05) is 12.1 Å². The van der Waals surface area contributed by atoms with Gasteiger partial charge >= 0.3 is 5.97 Å². The third-order valence-electron chi connectivity index (χ3n) is 3.06. The second kappa shape index (κ2) is 4.02. The molecule has 0 bridgehead atoms. The van der Waals surface area contributed by atoms with Gasteiger partial charge in [0.15, 0.2) is 21.7 Å². The topological polar surface area (TPSA) is 121 Å². The van der Waals surface area contributed by atoms with Gasteiger partial charge in [0.2, 0.25) is 5.91 Å². The van der Waals surface area contributed by atoms with Gasteiger partial charge < -0.3 is 10.0 Å². The van der Waals surface area contributed by atoms with Crippen LogP contribution in [0, 0.1) is 0 Å². The number of carboxylic acids is 1. The lowest BCUT2D eigenvalue weighted by Crippen LogP contribution is -2.70. The summed E-state index contributed by atoms with van der Waals surface area (Å²) in [4.78, 5) is 35.0. The Bertz CT molecular complexity index is 527. The summed E-state index contributed by atoms with van der Waals surface area (Å²) in [7, 11) is -3.27.